The molecular weight excluding hydrogens is 251 g/mol. The maximum Gasteiger partial charge on any atom is 0.123 e. The molecule has 3 heteroatoms. The molecule has 3 rings (SSSR count). The summed E-state index contributed by atoms with van der Waals surface area (Å²) >= 11 is 0. The molecule has 1 heterocycles. The van der Waals surface area contributed by atoms with E-state index in [1.807, 2.05) is 12.1 Å². The Morgan fingerprint density at radius 1 is 1.20 bits per heavy atom. The second-order valence-electron chi connectivity index (χ2n) is 6.42. The van der Waals surface area contributed by atoms with Gasteiger partial charge in [0.2, 0.25) is 0 Å². The fraction of sp³-hybridized carbons (Fsp3) is 0.647. The molecule has 1 aromatic rings. The lowest BCUT2D eigenvalue weighted by Gasteiger charge is -2.33. The van der Waals surface area contributed by atoms with Crippen molar-refractivity contribution in [2.75, 3.05) is 26.2 Å². The average molecular weight is 276 g/mol. The van der Waals surface area contributed by atoms with Crippen molar-refractivity contribution < 1.29 is 4.39 Å². The summed E-state index contributed by atoms with van der Waals surface area (Å²) in [6.07, 6.45) is 7.56. The van der Waals surface area contributed by atoms with Gasteiger partial charge in [-0.05, 0) is 56.5 Å². The Morgan fingerprint density at radius 2 is 2.05 bits per heavy atom. The minimum atomic E-state index is -0.118. The van der Waals surface area contributed by atoms with Gasteiger partial charge in [0.05, 0.1) is 0 Å². The van der Waals surface area contributed by atoms with Crippen LogP contribution in [0.25, 0.3) is 0 Å². The van der Waals surface area contributed by atoms with Crippen LogP contribution in [0.4, 0.5) is 4.39 Å². The third kappa shape index (κ3) is 3.39. The molecule has 2 aliphatic rings. The molecule has 1 saturated carbocycles. The summed E-state index contributed by atoms with van der Waals surface area (Å²) in [5, 5.41) is 3.79. The Morgan fingerprint density at radius 3 is 2.85 bits per heavy atom. The van der Waals surface area contributed by atoms with E-state index in [1.54, 1.807) is 6.07 Å². The molecule has 0 atom stereocenters. The Kier molecular flexibility index (Phi) is 4.37. The van der Waals surface area contributed by atoms with Gasteiger partial charge in [-0.1, -0.05) is 25.0 Å². The van der Waals surface area contributed by atoms with E-state index in [1.165, 1.54) is 51.3 Å². The van der Waals surface area contributed by atoms with E-state index in [0.29, 0.717) is 5.54 Å². The first-order valence-corrected chi connectivity index (χ1v) is 7.98. The van der Waals surface area contributed by atoms with Crippen LogP contribution in [0.3, 0.4) is 0 Å². The van der Waals surface area contributed by atoms with Gasteiger partial charge in [0.1, 0.15) is 5.82 Å². The monoisotopic (exact) mass is 276 g/mol. The molecule has 0 aromatic heterocycles. The van der Waals surface area contributed by atoms with Crippen LogP contribution in [0.5, 0.6) is 0 Å². The van der Waals surface area contributed by atoms with E-state index in [9.17, 15) is 4.39 Å². The summed E-state index contributed by atoms with van der Waals surface area (Å²) in [5.41, 5.74) is 1.49. The Labute approximate surface area is 121 Å². The largest absolute Gasteiger partial charge is 0.310 e. The van der Waals surface area contributed by atoms with E-state index >= 15 is 0 Å². The molecule has 1 aliphatic carbocycles. The zero-order chi connectivity index (χ0) is 13.8. The Bertz CT molecular complexity index is 440. The van der Waals surface area contributed by atoms with Gasteiger partial charge in [0.25, 0.3) is 0 Å². The number of hydrogen-bond donors (Lipinski definition) is 1. The van der Waals surface area contributed by atoms with E-state index in [-0.39, 0.29) is 5.82 Å². The van der Waals surface area contributed by atoms with Gasteiger partial charge in [0, 0.05) is 18.6 Å². The topological polar surface area (TPSA) is 15.3 Å². The molecule has 20 heavy (non-hydrogen) atoms. The average Bonchev–Trinajstić information content (AvgIpc) is 2.79. The van der Waals surface area contributed by atoms with Crippen LogP contribution in [0, 0.1) is 5.82 Å². The van der Waals surface area contributed by atoms with Crippen molar-refractivity contribution in [3.8, 4) is 0 Å². The van der Waals surface area contributed by atoms with Crippen molar-refractivity contribution in [3.05, 3.63) is 35.6 Å². The number of benzene rings is 1. The highest BCUT2D eigenvalue weighted by Gasteiger charge is 2.36. The zero-order valence-electron chi connectivity index (χ0n) is 12.2. The quantitative estimate of drug-likeness (QED) is 0.913. The molecule has 2 fully saturated rings. The van der Waals surface area contributed by atoms with Crippen LogP contribution in [0.1, 0.15) is 37.7 Å². The highest BCUT2D eigenvalue weighted by molar-refractivity contribution is 5.16. The predicted octanol–water partition coefficient (Wildman–Crippen LogP) is 2.98. The molecule has 1 N–H and O–H groups in total. The van der Waals surface area contributed by atoms with Crippen molar-refractivity contribution in [2.24, 2.45) is 0 Å². The molecule has 110 valence electrons. The first kappa shape index (κ1) is 14.0. The summed E-state index contributed by atoms with van der Waals surface area (Å²) in [4.78, 5) is 2.58. The third-order valence-corrected chi connectivity index (χ3v) is 4.84. The molecule has 1 aromatic carbocycles. The molecule has 1 saturated heterocycles. The Hall–Kier alpha value is -0.930. The lowest BCUT2D eigenvalue weighted by molar-refractivity contribution is 0.212. The number of rotatable bonds is 3. The highest BCUT2D eigenvalue weighted by atomic mass is 19.1. The van der Waals surface area contributed by atoms with Crippen molar-refractivity contribution in [1.82, 2.24) is 10.2 Å². The number of nitrogens with one attached hydrogen (secondary N) is 1. The third-order valence-electron chi connectivity index (χ3n) is 4.84. The number of halogens is 1. The maximum absolute atomic E-state index is 13.2. The van der Waals surface area contributed by atoms with Crippen LogP contribution < -0.4 is 5.32 Å². The summed E-state index contributed by atoms with van der Waals surface area (Å²) < 4.78 is 13.2. The number of nitrogens with zero attached hydrogens (tertiary/aromatic N) is 1. The lowest BCUT2D eigenvalue weighted by Crippen LogP contribution is -2.49. The van der Waals surface area contributed by atoms with Gasteiger partial charge >= 0.3 is 0 Å². The van der Waals surface area contributed by atoms with Crippen LogP contribution >= 0.6 is 0 Å². The zero-order valence-corrected chi connectivity index (χ0v) is 12.2. The summed E-state index contributed by atoms with van der Waals surface area (Å²) in [6, 6.07) is 7.03. The fourth-order valence-corrected chi connectivity index (χ4v) is 3.78. The minimum Gasteiger partial charge on any atom is -0.310 e. The number of hydrogen-bond acceptors (Lipinski definition) is 2. The minimum absolute atomic E-state index is 0.118. The molecule has 0 unspecified atom stereocenters. The molecule has 0 bridgehead atoms. The second kappa shape index (κ2) is 6.23. The van der Waals surface area contributed by atoms with Gasteiger partial charge < -0.3 is 10.2 Å². The molecular formula is C17H25FN2. The normalized spacial score (nSPS) is 23.1. The summed E-state index contributed by atoms with van der Waals surface area (Å²) in [5.74, 6) is -0.118. The van der Waals surface area contributed by atoms with Crippen molar-refractivity contribution in [2.45, 2.75) is 44.1 Å². The molecule has 1 aliphatic heterocycles. The van der Waals surface area contributed by atoms with Gasteiger partial charge in [-0.2, -0.15) is 0 Å². The molecule has 1 spiro atoms. The molecule has 0 amide bonds. The van der Waals surface area contributed by atoms with E-state index in [2.05, 4.69) is 10.2 Å². The highest BCUT2D eigenvalue weighted by Crippen LogP contribution is 2.31. The summed E-state index contributed by atoms with van der Waals surface area (Å²) in [6.45, 7) is 4.54. The standard InChI is InChI=1S/C17H25FN2/c18-16-6-3-5-15(13-16)7-12-20-11-4-10-19-17(14-20)8-1-2-9-17/h3,5-6,13,19H,1-2,4,7-12,14H2. The van der Waals surface area contributed by atoms with Crippen molar-refractivity contribution in [1.29, 1.82) is 0 Å². The van der Waals surface area contributed by atoms with E-state index in [0.717, 1.165) is 25.1 Å². The smallest absolute Gasteiger partial charge is 0.123 e. The van der Waals surface area contributed by atoms with Crippen LogP contribution in [0.15, 0.2) is 24.3 Å². The molecule has 0 radical (unpaired) electrons. The van der Waals surface area contributed by atoms with Crippen LogP contribution in [-0.4, -0.2) is 36.6 Å². The van der Waals surface area contributed by atoms with Crippen LogP contribution in [0.2, 0.25) is 0 Å². The van der Waals surface area contributed by atoms with Gasteiger partial charge in [0.15, 0.2) is 0 Å². The van der Waals surface area contributed by atoms with Gasteiger partial charge in [-0.3, -0.25) is 0 Å². The first-order valence-electron chi connectivity index (χ1n) is 7.98. The van der Waals surface area contributed by atoms with Gasteiger partial charge in [-0.25, -0.2) is 4.39 Å². The summed E-state index contributed by atoms with van der Waals surface area (Å²) in [7, 11) is 0. The lowest BCUT2D eigenvalue weighted by atomic mass is 9.97. The van der Waals surface area contributed by atoms with Crippen molar-refractivity contribution >= 4 is 0 Å². The predicted molar refractivity (Wildman–Crippen MR) is 80.4 cm³/mol. The first-order chi connectivity index (χ1) is 9.76. The Balaban J connectivity index is 1.58. The maximum atomic E-state index is 13.2. The van der Waals surface area contributed by atoms with Crippen LogP contribution in [-0.2, 0) is 6.42 Å². The fourth-order valence-electron chi connectivity index (χ4n) is 3.78. The van der Waals surface area contributed by atoms with Gasteiger partial charge in [-0.15, -0.1) is 0 Å². The SMILES string of the molecule is Fc1cccc(CCN2CCCNC3(CCCC3)C2)c1. The molecule has 2 nitrogen and oxygen atoms in total. The van der Waals surface area contributed by atoms with Crippen molar-refractivity contribution in [3.63, 3.8) is 0 Å². The van der Waals surface area contributed by atoms with E-state index in [4.69, 9.17) is 0 Å². The van der Waals surface area contributed by atoms with E-state index < -0.39 is 0 Å². The second-order valence-corrected chi connectivity index (χ2v) is 6.42.